The summed E-state index contributed by atoms with van der Waals surface area (Å²) in [5.41, 5.74) is 3.81. The molecule has 3 aromatic rings. The van der Waals surface area contributed by atoms with Crippen molar-refractivity contribution in [2.45, 2.75) is 32.9 Å². The van der Waals surface area contributed by atoms with Gasteiger partial charge in [0.05, 0.1) is 36.9 Å². The van der Waals surface area contributed by atoms with Gasteiger partial charge in [-0.1, -0.05) is 60.7 Å². The van der Waals surface area contributed by atoms with Gasteiger partial charge in [0.15, 0.2) is 0 Å². The highest BCUT2D eigenvalue weighted by Gasteiger charge is 2.17. The average molecular weight is 392 g/mol. The summed E-state index contributed by atoms with van der Waals surface area (Å²) in [6.07, 6.45) is 1.67. The third-order valence-corrected chi connectivity index (χ3v) is 4.76. The van der Waals surface area contributed by atoms with E-state index in [1.165, 1.54) is 0 Å². The number of aliphatic hydroxyl groups is 1. The Morgan fingerprint density at radius 3 is 2.03 bits per heavy atom. The van der Waals surface area contributed by atoms with Crippen LogP contribution >= 0.6 is 0 Å². The van der Waals surface area contributed by atoms with Crippen LogP contribution in [0.1, 0.15) is 20.8 Å². The summed E-state index contributed by atoms with van der Waals surface area (Å²) in [5, 5.41) is 9.17. The van der Waals surface area contributed by atoms with Crippen LogP contribution in [0.3, 0.4) is 0 Å². The number of rotatable bonds is 9. The largest absolute Gasteiger partial charge is 0.394 e. The number of nitrogens with zero attached hydrogens (tertiary/aromatic N) is 3. The SMILES string of the molecule is CC(C)N(CCO[C@H](C)CO)c1cnc(-c2ccccc2)c(-c2ccccc2)n1. The fraction of sp³-hybridized carbons (Fsp3) is 0.333. The van der Waals surface area contributed by atoms with Gasteiger partial charge < -0.3 is 14.7 Å². The van der Waals surface area contributed by atoms with Crippen molar-refractivity contribution in [2.24, 2.45) is 0 Å². The quantitative estimate of drug-likeness (QED) is 0.585. The first-order chi connectivity index (χ1) is 14.1. The Labute approximate surface area is 173 Å². The first-order valence-electron chi connectivity index (χ1n) is 10.1. The zero-order chi connectivity index (χ0) is 20.6. The molecule has 1 atom stereocenters. The van der Waals surface area contributed by atoms with Crippen molar-refractivity contribution >= 4 is 5.82 Å². The van der Waals surface area contributed by atoms with E-state index in [0.29, 0.717) is 13.2 Å². The van der Waals surface area contributed by atoms with Crippen LogP contribution in [0.15, 0.2) is 66.9 Å². The van der Waals surface area contributed by atoms with Gasteiger partial charge in [-0.3, -0.25) is 4.98 Å². The van der Waals surface area contributed by atoms with Crippen LogP contribution in [0.5, 0.6) is 0 Å². The Hall–Kier alpha value is -2.76. The number of hydrogen-bond acceptors (Lipinski definition) is 5. The molecule has 1 heterocycles. The van der Waals surface area contributed by atoms with E-state index in [1.807, 2.05) is 49.5 Å². The summed E-state index contributed by atoms with van der Waals surface area (Å²) in [6, 6.07) is 20.5. The van der Waals surface area contributed by atoms with Crippen LogP contribution in [0.25, 0.3) is 22.5 Å². The smallest absolute Gasteiger partial charge is 0.148 e. The van der Waals surface area contributed by atoms with Crippen molar-refractivity contribution < 1.29 is 9.84 Å². The molecule has 0 bridgehead atoms. The highest BCUT2D eigenvalue weighted by Crippen LogP contribution is 2.30. The first kappa shape index (κ1) is 21.0. The Balaban J connectivity index is 1.97. The third kappa shape index (κ3) is 5.40. The molecule has 0 radical (unpaired) electrons. The second kappa shape index (κ2) is 10.1. The molecule has 0 amide bonds. The van der Waals surface area contributed by atoms with E-state index in [2.05, 4.69) is 43.0 Å². The fourth-order valence-electron chi connectivity index (χ4n) is 3.16. The summed E-state index contributed by atoms with van der Waals surface area (Å²) >= 11 is 0. The lowest BCUT2D eigenvalue weighted by Crippen LogP contribution is -2.35. The second-order valence-electron chi connectivity index (χ2n) is 7.31. The van der Waals surface area contributed by atoms with Gasteiger partial charge >= 0.3 is 0 Å². The van der Waals surface area contributed by atoms with E-state index in [4.69, 9.17) is 19.8 Å². The molecule has 0 aliphatic carbocycles. The fourth-order valence-corrected chi connectivity index (χ4v) is 3.16. The number of aliphatic hydroxyl groups excluding tert-OH is 1. The molecule has 0 unspecified atom stereocenters. The topological polar surface area (TPSA) is 58.5 Å². The number of anilines is 1. The Kier molecular flexibility index (Phi) is 7.33. The predicted octanol–water partition coefficient (Wildman–Crippen LogP) is 4.42. The Bertz CT molecular complexity index is 885. The van der Waals surface area contributed by atoms with Crippen LogP contribution in [0.2, 0.25) is 0 Å². The van der Waals surface area contributed by atoms with Gasteiger partial charge in [0, 0.05) is 23.7 Å². The number of benzene rings is 2. The summed E-state index contributed by atoms with van der Waals surface area (Å²) in [5.74, 6) is 0.818. The molecular formula is C24H29N3O2. The Morgan fingerprint density at radius 1 is 0.897 bits per heavy atom. The van der Waals surface area contributed by atoms with E-state index < -0.39 is 0 Å². The summed E-state index contributed by atoms with van der Waals surface area (Å²) in [6.45, 7) is 7.33. The van der Waals surface area contributed by atoms with Crippen LogP contribution in [0.4, 0.5) is 5.82 Å². The first-order valence-corrected chi connectivity index (χ1v) is 10.1. The van der Waals surface area contributed by atoms with E-state index in [9.17, 15) is 0 Å². The average Bonchev–Trinajstić information content (AvgIpc) is 2.77. The molecule has 2 aromatic carbocycles. The maximum atomic E-state index is 9.17. The van der Waals surface area contributed by atoms with Gasteiger partial charge in [0.2, 0.25) is 0 Å². The van der Waals surface area contributed by atoms with Gasteiger partial charge in [-0.25, -0.2) is 4.98 Å². The molecule has 1 N–H and O–H groups in total. The second-order valence-corrected chi connectivity index (χ2v) is 7.31. The minimum Gasteiger partial charge on any atom is -0.394 e. The van der Waals surface area contributed by atoms with Gasteiger partial charge in [0.25, 0.3) is 0 Å². The predicted molar refractivity (Wildman–Crippen MR) is 118 cm³/mol. The zero-order valence-corrected chi connectivity index (χ0v) is 17.3. The molecule has 5 heteroatoms. The molecule has 5 nitrogen and oxygen atoms in total. The maximum Gasteiger partial charge on any atom is 0.148 e. The van der Waals surface area contributed by atoms with Gasteiger partial charge in [-0.15, -0.1) is 0 Å². The van der Waals surface area contributed by atoms with Crippen LogP contribution in [-0.4, -0.2) is 47.0 Å². The lowest BCUT2D eigenvalue weighted by Gasteiger charge is -2.28. The highest BCUT2D eigenvalue weighted by molar-refractivity contribution is 5.78. The number of aromatic nitrogens is 2. The molecule has 0 saturated carbocycles. The molecular weight excluding hydrogens is 362 g/mol. The van der Waals surface area contributed by atoms with Crippen LogP contribution < -0.4 is 4.90 Å². The highest BCUT2D eigenvalue weighted by atomic mass is 16.5. The summed E-state index contributed by atoms with van der Waals surface area (Å²) in [4.78, 5) is 12.0. The van der Waals surface area contributed by atoms with Gasteiger partial charge in [-0.2, -0.15) is 0 Å². The lowest BCUT2D eigenvalue weighted by molar-refractivity contribution is 0.0284. The van der Waals surface area contributed by atoms with Crippen molar-refractivity contribution in [2.75, 3.05) is 24.7 Å². The lowest BCUT2D eigenvalue weighted by atomic mass is 10.0. The Morgan fingerprint density at radius 2 is 1.48 bits per heavy atom. The van der Waals surface area contributed by atoms with E-state index in [1.54, 1.807) is 0 Å². The van der Waals surface area contributed by atoms with Crippen molar-refractivity contribution in [1.82, 2.24) is 9.97 Å². The molecule has 29 heavy (non-hydrogen) atoms. The summed E-state index contributed by atoms with van der Waals surface area (Å²) < 4.78 is 5.66. The molecule has 0 spiro atoms. The monoisotopic (exact) mass is 391 g/mol. The zero-order valence-electron chi connectivity index (χ0n) is 17.3. The van der Waals surface area contributed by atoms with Crippen molar-refractivity contribution in [3.63, 3.8) is 0 Å². The van der Waals surface area contributed by atoms with Crippen molar-refractivity contribution in [3.8, 4) is 22.5 Å². The number of ether oxygens (including phenoxy) is 1. The molecule has 0 aliphatic rings. The van der Waals surface area contributed by atoms with Gasteiger partial charge in [0.1, 0.15) is 5.82 Å². The van der Waals surface area contributed by atoms with Crippen LogP contribution in [-0.2, 0) is 4.74 Å². The summed E-state index contributed by atoms with van der Waals surface area (Å²) in [7, 11) is 0. The molecule has 152 valence electrons. The van der Waals surface area contributed by atoms with Crippen molar-refractivity contribution in [3.05, 3.63) is 66.9 Å². The molecule has 0 fully saturated rings. The maximum absolute atomic E-state index is 9.17. The molecule has 0 aliphatic heterocycles. The minimum absolute atomic E-state index is 0.0193. The molecule has 0 saturated heterocycles. The normalized spacial score (nSPS) is 12.2. The molecule has 1 aromatic heterocycles. The van der Waals surface area contributed by atoms with E-state index in [0.717, 1.165) is 28.3 Å². The number of hydrogen-bond donors (Lipinski definition) is 1. The van der Waals surface area contributed by atoms with E-state index in [-0.39, 0.29) is 18.8 Å². The standard InChI is InChI=1S/C24H29N3O2/c1-18(2)27(14-15-29-19(3)17-28)22-16-25-23(20-10-6-4-7-11-20)24(26-22)21-12-8-5-9-13-21/h4-13,16,18-19,28H,14-15,17H2,1-3H3/t19-/m1/s1. The van der Waals surface area contributed by atoms with Gasteiger partial charge in [-0.05, 0) is 20.8 Å². The third-order valence-electron chi connectivity index (χ3n) is 4.76. The van der Waals surface area contributed by atoms with Crippen molar-refractivity contribution in [1.29, 1.82) is 0 Å². The molecule has 3 rings (SSSR count). The van der Waals surface area contributed by atoms with Crippen LogP contribution in [0, 0.1) is 0 Å². The minimum atomic E-state index is -0.171. The van der Waals surface area contributed by atoms with E-state index >= 15 is 0 Å².